The van der Waals surface area contributed by atoms with E-state index in [-0.39, 0.29) is 37.4 Å². The predicted molar refractivity (Wildman–Crippen MR) is 144 cm³/mol. The number of halogens is 2. The van der Waals surface area contributed by atoms with E-state index in [9.17, 15) is 23.2 Å². The second kappa shape index (κ2) is 15.9. The normalized spacial score (nSPS) is 12.5. The zero-order valence-electron chi connectivity index (χ0n) is 23.1. The summed E-state index contributed by atoms with van der Waals surface area (Å²) >= 11 is 0. The zero-order chi connectivity index (χ0) is 28.9. The smallest absolute Gasteiger partial charge is 0.338 e. The number of esters is 2. The summed E-state index contributed by atoms with van der Waals surface area (Å²) in [5.74, 6) is -2.74. The Hall–Kier alpha value is -3.37. The van der Waals surface area contributed by atoms with Crippen molar-refractivity contribution in [3.05, 3.63) is 70.3 Å². The predicted octanol–water partition coefficient (Wildman–Crippen LogP) is 3.78. The van der Waals surface area contributed by atoms with Crippen molar-refractivity contribution in [2.75, 3.05) is 33.3 Å². The lowest BCUT2D eigenvalue weighted by Gasteiger charge is -2.25. The van der Waals surface area contributed by atoms with E-state index in [0.717, 1.165) is 18.9 Å². The molecule has 0 saturated carbocycles. The molecule has 214 valence electrons. The first kappa shape index (κ1) is 31.8. The quantitative estimate of drug-likeness (QED) is 0.258. The van der Waals surface area contributed by atoms with Crippen LogP contribution in [0.4, 0.5) is 8.78 Å². The first-order valence-electron chi connectivity index (χ1n) is 13.2. The van der Waals surface area contributed by atoms with Crippen LogP contribution in [0.1, 0.15) is 65.0 Å². The monoisotopic (exact) mass is 547 g/mol. The Kier molecular flexibility index (Phi) is 13.0. The van der Waals surface area contributed by atoms with Gasteiger partial charge in [-0.05, 0) is 67.6 Å². The highest BCUT2D eigenvalue weighted by Gasteiger charge is 2.25. The summed E-state index contributed by atoms with van der Waals surface area (Å²) in [5.41, 5.74) is 7.95. The number of methoxy groups -OCH3 is 1. The molecule has 8 nitrogen and oxygen atoms in total. The van der Waals surface area contributed by atoms with Crippen molar-refractivity contribution in [1.82, 2.24) is 10.2 Å². The van der Waals surface area contributed by atoms with Crippen LogP contribution >= 0.6 is 0 Å². The molecule has 0 aromatic heterocycles. The van der Waals surface area contributed by atoms with Crippen LogP contribution in [-0.2, 0) is 20.7 Å². The van der Waals surface area contributed by atoms with Crippen molar-refractivity contribution >= 4 is 17.8 Å². The maximum absolute atomic E-state index is 13.7. The number of nitrogens with two attached hydrogens (primary N) is 1. The summed E-state index contributed by atoms with van der Waals surface area (Å²) in [6, 6.07) is 7.14. The highest BCUT2D eigenvalue weighted by atomic mass is 19.1. The van der Waals surface area contributed by atoms with Crippen molar-refractivity contribution in [3.63, 3.8) is 0 Å². The van der Waals surface area contributed by atoms with Crippen molar-refractivity contribution in [3.8, 4) is 0 Å². The third-order valence-electron chi connectivity index (χ3n) is 6.04. The molecule has 2 rings (SSSR count). The Labute approximate surface area is 228 Å². The standard InChI is InChI=1S/C29H39F2N3O5/c1-5-9-34(10-6-2)28(36)21-11-19(3)12-22(16-21)29(37)39-26(18-33-8-7-27(35)38-4)25(32)15-20-13-23(30)17-24(31)14-20/h11-14,16-17,25-26,33H,5-10,15,18,32H2,1-4H3/t25-,26+/m0/s1. The van der Waals surface area contributed by atoms with Gasteiger partial charge in [0.25, 0.3) is 5.91 Å². The molecule has 0 saturated heterocycles. The molecule has 0 aliphatic carbocycles. The highest BCUT2D eigenvalue weighted by molar-refractivity contribution is 5.98. The summed E-state index contributed by atoms with van der Waals surface area (Å²) in [6.07, 6.45) is 0.842. The van der Waals surface area contributed by atoms with E-state index >= 15 is 0 Å². The average Bonchev–Trinajstić information content (AvgIpc) is 2.88. The maximum atomic E-state index is 13.7. The number of carbonyl (C=O) groups is 3. The maximum Gasteiger partial charge on any atom is 0.338 e. The molecular weight excluding hydrogens is 508 g/mol. The molecule has 10 heteroatoms. The first-order chi connectivity index (χ1) is 18.6. The van der Waals surface area contributed by atoms with Crippen LogP contribution in [0.2, 0.25) is 0 Å². The van der Waals surface area contributed by atoms with Crippen LogP contribution in [0, 0.1) is 18.6 Å². The minimum atomic E-state index is -0.905. The summed E-state index contributed by atoms with van der Waals surface area (Å²) in [7, 11) is 1.28. The number of nitrogens with one attached hydrogen (secondary N) is 1. The van der Waals surface area contributed by atoms with Gasteiger partial charge in [0, 0.05) is 43.9 Å². The second-order valence-corrected chi connectivity index (χ2v) is 9.50. The summed E-state index contributed by atoms with van der Waals surface area (Å²) < 4.78 is 37.8. The van der Waals surface area contributed by atoms with Crippen molar-refractivity contribution in [2.24, 2.45) is 5.73 Å². The molecule has 2 atom stereocenters. The molecule has 39 heavy (non-hydrogen) atoms. The molecule has 1 amide bonds. The number of ether oxygens (including phenoxy) is 2. The van der Waals surface area contributed by atoms with Crippen LogP contribution in [-0.4, -0.2) is 68.2 Å². The number of benzene rings is 2. The van der Waals surface area contributed by atoms with Crippen LogP contribution in [0.5, 0.6) is 0 Å². The van der Waals surface area contributed by atoms with Crippen LogP contribution < -0.4 is 11.1 Å². The van der Waals surface area contributed by atoms with E-state index in [1.165, 1.54) is 25.3 Å². The van der Waals surface area contributed by atoms with E-state index in [2.05, 4.69) is 10.1 Å². The molecule has 2 aromatic rings. The fourth-order valence-corrected chi connectivity index (χ4v) is 4.22. The van der Waals surface area contributed by atoms with Gasteiger partial charge in [-0.3, -0.25) is 9.59 Å². The molecule has 2 aromatic carbocycles. The number of hydrogen-bond acceptors (Lipinski definition) is 7. The molecule has 0 bridgehead atoms. The Morgan fingerprint density at radius 1 is 0.974 bits per heavy atom. The molecule has 0 radical (unpaired) electrons. The lowest BCUT2D eigenvalue weighted by molar-refractivity contribution is -0.140. The molecule has 0 aliphatic rings. The van der Waals surface area contributed by atoms with E-state index in [1.807, 2.05) is 13.8 Å². The first-order valence-corrected chi connectivity index (χ1v) is 13.2. The van der Waals surface area contributed by atoms with Gasteiger partial charge in [-0.25, -0.2) is 13.6 Å². The topological polar surface area (TPSA) is 111 Å². The Balaban J connectivity index is 2.24. The molecule has 0 fully saturated rings. The molecular formula is C29H39F2N3O5. The SMILES string of the molecule is CCCN(CCC)C(=O)c1cc(C)cc(C(=O)O[C@H](CNCCC(=O)OC)[C@@H](N)Cc2cc(F)cc(F)c2)c1. The minimum Gasteiger partial charge on any atom is -0.469 e. The fourth-order valence-electron chi connectivity index (χ4n) is 4.22. The van der Waals surface area contributed by atoms with E-state index in [1.54, 1.807) is 24.0 Å². The summed E-state index contributed by atoms with van der Waals surface area (Å²) in [5, 5.41) is 3.01. The van der Waals surface area contributed by atoms with Gasteiger partial charge in [0.2, 0.25) is 0 Å². The number of aryl methyl sites for hydroxylation is 1. The van der Waals surface area contributed by atoms with Gasteiger partial charge in [0.05, 0.1) is 19.1 Å². The molecule has 0 heterocycles. The second-order valence-electron chi connectivity index (χ2n) is 9.50. The zero-order valence-corrected chi connectivity index (χ0v) is 23.1. The Bertz CT molecular complexity index is 1100. The fraction of sp³-hybridized carbons (Fsp3) is 0.483. The number of rotatable bonds is 15. The van der Waals surface area contributed by atoms with Gasteiger partial charge in [0.15, 0.2) is 0 Å². The van der Waals surface area contributed by atoms with Crippen LogP contribution in [0.25, 0.3) is 0 Å². The molecule has 0 unspecified atom stereocenters. The van der Waals surface area contributed by atoms with Gasteiger partial charge < -0.3 is 25.4 Å². The summed E-state index contributed by atoms with van der Waals surface area (Å²) in [4.78, 5) is 39.6. The lowest BCUT2D eigenvalue weighted by atomic mass is 10.0. The summed E-state index contributed by atoms with van der Waals surface area (Å²) in [6.45, 7) is 7.32. The number of nitrogens with zero attached hydrogens (tertiary/aromatic N) is 1. The van der Waals surface area contributed by atoms with E-state index < -0.39 is 35.7 Å². The van der Waals surface area contributed by atoms with E-state index in [4.69, 9.17) is 10.5 Å². The largest absolute Gasteiger partial charge is 0.469 e. The van der Waals surface area contributed by atoms with Gasteiger partial charge in [-0.2, -0.15) is 0 Å². The van der Waals surface area contributed by atoms with Crippen molar-refractivity contribution in [1.29, 1.82) is 0 Å². The molecule has 0 spiro atoms. The van der Waals surface area contributed by atoms with Crippen LogP contribution in [0.15, 0.2) is 36.4 Å². The number of hydrogen-bond donors (Lipinski definition) is 2. The lowest BCUT2D eigenvalue weighted by Crippen LogP contribution is -2.46. The van der Waals surface area contributed by atoms with Crippen LogP contribution in [0.3, 0.4) is 0 Å². The van der Waals surface area contributed by atoms with Gasteiger partial charge >= 0.3 is 11.9 Å². The number of amides is 1. The third-order valence-corrected chi connectivity index (χ3v) is 6.04. The Morgan fingerprint density at radius 2 is 1.59 bits per heavy atom. The Morgan fingerprint density at radius 3 is 2.18 bits per heavy atom. The minimum absolute atomic E-state index is 0.0336. The van der Waals surface area contributed by atoms with Gasteiger partial charge in [-0.15, -0.1) is 0 Å². The van der Waals surface area contributed by atoms with Crippen molar-refractivity contribution in [2.45, 2.75) is 58.6 Å². The number of carbonyl (C=O) groups excluding carboxylic acids is 3. The molecule has 3 N–H and O–H groups in total. The van der Waals surface area contributed by atoms with E-state index in [0.29, 0.717) is 29.8 Å². The average molecular weight is 548 g/mol. The third kappa shape index (κ3) is 10.4. The van der Waals surface area contributed by atoms with Crippen molar-refractivity contribution < 1.29 is 32.6 Å². The van der Waals surface area contributed by atoms with Gasteiger partial charge in [-0.1, -0.05) is 13.8 Å². The molecule has 0 aliphatic heterocycles. The van der Waals surface area contributed by atoms with Gasteiger partial charge in [0.1, 0.15) is 17.7 Å². The highest BCUT2D eigenvalue weighted by Crippen LogP contribution is 2.17.